The minimum absolute atomic E-state index is 0.111. The van der Waals surface area contributed by atoms with Crippen LogP contribution in [-0.4, -0.2) is 55.6 Å². The van der Waals surface area contributed by atoms with E-state index in [-0.39, 0.29) is 17.7 Å². The molecule has 1 saturated heterocycles. The highest BCUT2D eigenvalue weighted by Crippen LogP contribution is 2.32. The fourth-order valence-corrected chi connectivity index (χ4v) is 5.55. The minimum atomic E-state index is -3.21. The van der Waals surface area contributed by atoms with E-state index in [1.54, 1.807) is 35.6 Å². The van der Waals surface area contributed by atoms with Gasteiger partial charge in [-0.2, -0.15) is 4.31 Å². The average Bonchev–Trinajstić information content (AvgIpc) is 3.24. The summed E-state index contributed by atoms with van der Waals surface area (Å²) in [4.78, 5) is 17.9. The molecule has 0 saturated carbocycles. The van der Waals surface area contributed by atoms with Crippen molar-refractivity contribution in [2.24, 2.45) is 0 Å². The van der Waals surface area contributed by atoms with Crippen molar-refractivity contribution in [3.8, 4) is 16.9 Å². The number of pyridine rings is 1. The van der Waals surface area contributed by atoms with Crippen LogP contribution >= 0.6 is 0 Å². The summed E-state index contributed by atoms with van der Waals surface area (Å²) < 4.78 is 32.0. The van der Waals surface area contributed by atoms with E-state index in [1.807, 2.05) is 18.2 Å². The smallest absolute Gasteiger partial charge is 0.227 e. The second-order valence-electron chi connectivity index (χ2n) is 7.82. The molecule has 8 heteroatoms. The predicted octanol–water partition coefficient (Wildman–Crippen LogP) is 2.85. The first-order chi connectivity index (χ1) is 14.4. The average molecular weight is 430 g/mol. The molecule has 0 aliphatic carbocycles. The number of benzene rings is 1. The Hall–Kier alpha value is -2.45. The predicted molar refractivity (Wildman–Crippen MR) is 116 cm³/mol. The van der Waals surface area contributed by atoms with Crippen LogP contribution in [-0.2, 0) is 21.2 Å². The highest BCUT2D eigenvalue weighted by atomic mass is 32.2. The van der Waals surface area contributed by atoms with Gasteiger partial charge in [0.05, 0.1) is 18.0 Å². The van der Waals surface area contributed by atoms with Crippen molar-refractivity contribution < 1.29 is 17.9 Å². The van der Waals surface area contributed by atoms with Gasteiger partial charge in [0, 0.05) is 37.5 Å². The first-order valence-corrected chi connectivity index (χ1v) is 12.0. The van der Waals surface area contributed by atoms with Gasteiger partial charge in [-0.25, -0.2) is 8.42 Å². The Bertz CT molecular complexity index is 1050. The van der Waals surface area contributed by atoms with Crippen molar-refractivity contribution in [1.29, 1.82) is 0 Å². The standard InChI is InChI=1S/C22H27N3O4S/c1-3-30(27,28)25-10-4-5-19(25)15-29-20-12-18(13-23-14-20)16-6-8-21-17(11-16)7-9-22(26)24(21)2/h6,8,11-14,19H,3-5,7,9-10,15H2,1-2H3. The molecule has 7 nitrogen and oxygen atoms in total. The maximum atomic E-state index is 12.3. The number of anilines is 1. The van der Waals surface area contributed by atoms with Gasteiger partial charge in [0.2, 0.25) is 15.9 Å². The van der Waals surface area contributed by atoms with Crippen molar-refractivity contribution in [1.82, 2.24) is 9.29 Å². The fourth-order valence-electron chi connectivity index (χ4n) is 4.19. The molecule has 0 spiro atoms. The van der Waals surface area contributed by atoms with Crippen LogP contribution in [0.15, 0.2) is 36.7 Å². The van der Waals surface area contributed by atoms with E-state index in [0.717, 1.165) is 41.6 Å². The molecule has 1 unspecified atom stereocenters. The number of rotatable bonds is 6. The van der Waals surface area contributed by atoms with E-state index < -0.39 is 10.0 Å². The zero-order valence-corrected chi connectivity index (χ0v) is 18.2. The highest BCUT2D eigenvalue weighted by Gasteiger charge is 2.33. The largest absolute Gasteiger partial charge is 0.490 e. The summed E-state index contributed by atoms with van der Waals surface area (Å²) >= 11 is 0. The van der Waals surface area contributed by atoms with Crippen LogP contribution in [0.3, 0.4) is 0 Å². The lowest BCUT2D eigenvalue weighted by Crippen LogP contribution is -2.39. The summed E-state index contributed by atoms with van der Waals surface area (Å²) in [5.74, 6) is 0.872. The third-order valence-electron chi connectivity index (χ3n) is 5.96. The maximum absolute atomic E-state index is 12.3. The molecule has 0 N–H and O–H groups in total. The Kier molecular flexibility index (Phi) is 5.79. The van der Waals surface area contributed by atoms with Gasteiger partial charge in [-0.3, -0.25) is 9.78 Å². The third kappa shape index (κ3) is 4.06. The van der Waals surface area contributed by atoms with Crippen LogP contribution in [0.5, 0.6) is 5.75 Å². The molecule has 0 radical (unpaired) electrons. The van der Waals surface area contributed by atoms with Gasteiger partial charge < -0.3 is 9.64 Å². The molecule has 0 bridgehead atoms. The SMILES string of the molecule is CCS(=O)(=O)N1CCCC1COc1cncc(-c2ccc3c(c2)CCC(=O)N3C)c1. The third-order valence-corrected chi connectivity index (χ3v) is 7.88. The van der Waals surface area contributed by atoms with Gasteiger partial charge in [0.1, 0.15) is 12.4 Å². The number of fused-ring (bicyclic) bond motifs is 1. The van der Waals surface area contributed by atoms with E-state index in [9.17, 15) is 13.2 Å². The van der Waals surface area contributed by atoms with Crippen LogP contribution in [0.2, 0.25) is 0 Å². The number of aryl methyl sites for hydroxylation is 1. The van der Waals surface area contributed by atoms with Crippen molar-refractivity contribution in [3.63, 3.8) is 0 Å². The van der Waals surface area contributed by atoms with Crippen LogP contribution in [0.4, 0.5) is 5.69 Å². The highest BCUT2D eigenvalue weighted by molar-refractivity contribution is 7.89. The van der Waals surface area contributed by atoms with E-state index in [2.05, 4.69) is 11.1 Å². The Labute approximate surface area is 177 Å². The van der Waals surface area contributed by atoms with Gasteiger partial charge >= 0.3 is 0 Å². The summed E-state index contributed by atoms with van der Waals surface area (Å²) in [5, 5.41) is 0. The topological polar surface area (TPSA) is 79.8 Å². The lowest BCUT2D eigenvalue weighted by molar-refractivity contribution is -0.118. The van der Waals surface area contributed by atoms with E-state index in [1.165, 1.54) is 0 Å². The molecule has 1 amide bonds. The van der Waals surface area contributed by atoms with Crippen LogP contribution in [0.25, 0.3) is 11.1 Å². The van der Waals surface area contributed by atoms with Crippen LogP contribution < -0.4 is 9.64 Å². The Morgan fingerprint density at radius 1 is 1.17 bits per heavy atom. The van der Waals surface area contributed by atoms with Gasteiger partial charge in [-0.05, 0) is 55.5 Å². The molecule has 3 heterocycles. The number of carbonyl (C=O) groups is 1. The molecule has 30 heavy (non-hydrogen) atoms. The number of aromatic nitrogens is 1. The van der Waals surface area contributed by atoms with Gasteiger partial charge in [-0.15, -0.1) is 0 Å². The lowest BCUT2D eigenvalue weighted by Gasteiger charge is -2.26. The van der Waals surface area contributed by atoms with Crippen LogP contribution in [0.1, 0.15) is 31.7 Å². The fraction of sp³-hybridized carbons (Fsp3) is 0.455. The minimum Gasteiger partial charge on any atom is -0.490 e. The molecule has 1 fully saturated rings. The molecular formula is C22H27N3O4S. The van der Waals surface area contributed by atoms with E-state index in [0.29, 0.717) is 25.3 Å². The van der Waals surface area contributed by atoms with Crippen molar-refractivity contribution >= 4 is 21.6 Å². The number of hydrogen-bond donors (Lipinski definition) is 0. The number of nitrogens with zero attached hydrogens (tertiary/aromatic N) is 3. The van der Waals surface area contributed by atoms with Gasteiger partial charge in [0.15, 0.2) is 0 Å². The van der Waals surface area contributed by atoms with Crippen LogP contribution in [0, 0.1) is 0 Å². The zero-order chi connectivity index (χ0) is 21.3. The Morgan fingerprint density at radius 3 is 2.80 bits per heavy atom. The maximum Gasteiger partial charge on any atom is 0.227 e. The summed E-state index contributed by atoms with van der Waals surface area (Å²) in [6, 6.07) is 7.86. The zero-order valence-electron chi connectivity index (χ0n) is 17.4. The molecule has 1 aromatic carbocycles. The summed E-state index contributed by atoms with van der Waals surface area (Å²) in [7, 11) is -1.40. The summed E-state index contributed by atoms with van der Waals surface area (Å²) in [5.41, 5.74) is 4.05. The van der Waals surface area contributed by atoms with E-state index in [4.69, 9.17) is 4.74 Å². The number of sulfonamides is 1. The Balaban J connectivity index is 1.49. The molecule has 1 atom stereocenters. The monoisotopic (exact) mass is 429 g/mol. The molecule has 160 valence electrons. The van der Waals surface area contributed by atoms with Crippen molar-refractivity contribution in [2.45, 2.75) is 38.6 Å². The summed E-state index contributed by atoms with van der Waals surface area (Å²) in [6.45, 7) is 2.56. The number of carbonyl (C=O) groups excluding carboxylic acids is 1. The number of amides is 1. The second kappa shape index (κ2) is 8.35. The van der Waals surface area contributed by atoms with E-state index >= 15 is 0 Å². The van der Waals surface area contributed by atoms with Gasteiger partial charge in [-0.1, -0.05) is 6.07 Å². The molecule has 4 rings (SSSR count). The van der Waals surface area contributed by atoms with Crippen molar-refractivity contribution in [3.05, 3.63) is 42.2 Å². The normalized spacial score (nSPS) is 19.7. The quantitative estimate of drug-likeness (QED) is 0.705. The lowest BCUT2D eigenvalue weighted by atomic mass is 9.97. The molecule has 2 aliphatic heterocycles. The number of ether oxygens (including phenoxy) is 1. The second-order valence-corrected chi connectivity index (χ2v) is 10.0. The first kappa shape index (κ1) is 20.8. The Morgan fingerprint density at radius 2 is 2.00 bits per heavy atom. The molecule has 2 aromatic rings. The number of hydrogen-bond acceptors (Lipinski definition) is 5. The van der Waals surface area contributed by atoms with Crippen molar-refractivity contribution in [2.75, 3.05) is 30.9 Å². The molecule has 2 aliphatic rings. The van der Waals surface area contributed by atoms with Gasteiger partial charge in [0.25, 0.3) is 0 Å². The first-order valence-electron chi connectivity index (χ1n) is 10.4. The summed E-state index contributed by atoms with van der Waals surface area (Å²) in [6.07, 6.45) is 6.37. The molecule has 1 aromatic heterocycles. The molecular weight excluding hydrogens is 402 g/mol.